The second kappa shape index (κ2) is 6.95. The van der Waals surface area contributed by atoms with Crippen LogP contribution in [0.4, 0.5) is 9.93 Å². The van der Waals surface area contributed by atoms with Gasteiger partial charge in [0.2, 0.25) is 5.13 Å². The summed E-state index contributed by atoms with van der Waals surface area (Å²) in [6.45, 7) is 3.06. The molecule has 23 heavy (non-hydrogen) atoms. The van der Waals surface area contributed by atoms with Crippen LogP contribution < -0.4 is 4.90 Å². The average Bonchev–Trinajstić information content (AvgIpc) is 3.03. The van der Waals surface area contributed by atoms with E-state index >= 15 is 0 Å². The second-order valence-corrected chi connectivity index (χ2v) is 6.83. The molecule has 0 bridgehead atoms. The SMILES string of the molecule is CN(C)C(=O)N1CCN(c2nnc(Cc3ccccc3)s2)CC1. The lowest BCUT2D eigenvalue weighted by atomic mass is 10.2. The minimum atomic E-state index is 0.0756. The van der Waals surface area contributed by atoms with Crippen LogP contribution in [0.3, 0.4) is 0 Å². The number of urea groups is 1. The molecule has 0 aliphatic carbocycles. The number of carbonyl (C=O) groups excluding carboxylic acids is 1. The van der Waals surface area contributed by atoms with Crippen LogP contribution >= 0.6 is 11.3 Å². The summed E-state index contributed by atoms with van der Waals surface area (Å²) in [5.74, 6) is 0. The van der Waals surface area contributed by atoms with Crippen molar-refractivity contribution in [3.63, 3.8) is 0 Å². The first-order valence-electron chi connectivity index (χ1n) is 7.71. The van der Waals surface area contributed by atoms with Crippen molar-refractivity contribution in [2.45, 2.75) is 6.42 Å². The number of carbonyl (C=O) groups is 1. The highest BCUT2D eigenvalue weighted by atomic mass is 32.1. The van der Waals surface area contributed by atoms with Crippen molar-refractivity contribution in [2.24, 2.45) is 0 Å². The van der Waals surface area contributed by atoms with Gasteiger partial charge in [0, 0.05) is 46.7 Å². The molecule has 0 spiro atoms. The molecule has 1 aromatic carbocycles. The highest BCUT2D eigenvalue weighted by Gasteiger charge is 2.24. The van der Waals surface area contributed by atoms with Gasteiger partial charge in [-0.1, -0.05) is 41.7 Å². The number of aromatic nitrogens is 2. The van der Waals surface area contributed by atoms with Crippen molar-refractivity contribution < 1.29 is 4.79 Å². The Balaban J connectivity index is 1.58. The molecule has 0 N–H and O–H groups in total. The number of hydrogen-bond donors (Lipinski definition) is 0. The Morgan fingerprint density at radius 2 is 1.83 bits per heavy atom. The van der Waals surface area contributed by atoms with E-state index in [-0.39, 0.29) is 6.03 Å². The number of piperazine rings is 1. The largest absolute Gasteiger partial charge is 0.343 e. The fourth-order valence-corrected chi connectivity index (χ4v) is 3.51. The monoisotopic (exact) mass is 331 g/mol. The lowest BCUT2D eigenvalue weighted by Gasteiger charge is -2.35. The van der Waals surface area contributed by atoms with Gasteiger partial charge < -0.3 is 14.7 Å². The van der Waals surface area contributed by atoms with Crippen LogP contribution in [0, 0.1) is 0 Å². The molecule has 0 saturated carbocycles. The first-order chi connectivity index (χ1) is 11.1. The molecule has 1 aliphatic rings. The summed E-state index contributed by atoms with van der Waals surface area (Å²) in [5, 5.41) is 10.6. The number of hydrogen-bond acceptors (Lipinski definition) is 5. The normalized spacial score (nSPS) is 14.9. The van der Waals surface area contributed by atoms with Crippen LogP contribution in [0.15, 0.2) is 30.3 Å². The quantitative estimate of drug-likeness (QED) is 0.862. The van der Waals surface area contributed by atoms with Gasteiger partial charge in [0.05, 0.1) is 0 Å². The highest BCUT2D eigenvalue weighted by Crippen LogP contribution is 2.23. The van der Waals surface area contributed by atoms with Crippen LogP contribution in [0.25, 0.3) is 0 Å². The van der Waals surface area contributed by atoms with Gasteiger partial charge in [-0.2, -0.15) is 0 Å². The zero-order valence-electron chi connectivity index (χ0n) is 13.5. The van der Waals surface area contributed by atoms with E-state index in [1.165, 1.54) is 5.56 Å². The standard InChI is InChI=1S/C16H21N5OS/c1-19(2)16(22)21-10-8-20(9-11-21)15-18-17-14(23-15)12-13-6-4-3-5-7-13/h3-7H,8-12H2,1-2H3. The molecule has 2 heterocycles. The van der Waals surface area contributed by atoms with Gasteiger partial charge >= 0.3 is 6.03 Å². The van der Waals surface area contributed by atoms with Crippen molar-refractivity contribution in [3.05, 3.63) is 40.9 Å². The van der Waals surface area contributed by atoms with E-state index < -0.39 is 0 Å². The van der Waals surface area contributed by atoms with Gasteiger partial charge in [-0.15, -0.1) is 10.2 Å². The van der Waals surface area contributed by atoms with Crippen LogP contribution in [-0.4, -0.2) is 66.3 Å². The summed E-state index contributed by atoms with van der Waals surface area (Å²) >= 11 is 1.64. The summed E-state index contributed by atoms with van der Waals surface area (Å²) in [6.07, 6.45) is 0.817. The number of nitrogens with zero attached hydrogens (tertiary/aromatic N) is 5. The van der Waals surface area contributed by atoms with Gasteiger partial charge in [0.1, 0.15) is 5.01 Å². The van der Waals surface area contributed by atoms with Gasteiger partial charge in [-0.05, 0) is 5.56 Å². The molecule has 7 heteroatoms. The lowest BCUT2D eigenvalue weighted by molar-refractivity contribution is 0.168. The average molecular weight is 331 g/mol. The molecular formula is C16H21N5OS. The van der Waals surface area contributed by atoms with Crippen molar-refractivity contribution in [3.8, 4) is 0 Å². The Labute approximate surface area is 140 Å². The molecule has 1 aliphatic heterocycles. The van der Waals surface area contributed by atoms with Crippen LogP contribution in [0.2, 0.25) is 0 Å². The number of benzene rings is 1. The number of rotatable bonds is 3. The first kappa shape index (κ1) is 15.7. The summed E-state index contributed by atoms with van der Waals surface area (Å²) in [6, 6.07) is 10.4. The fourth-order valence-electron chi connectivity index (χ4n) is 2.59. The maximum atomic E-state index is 12.0. The zero-order valence-corrected chi connectivity index (χ0v) is 14.3. The second-order valence-electron chi connectivity index (χ2n) is 5.79. The van der Waals surface area contributed by atoms with E-state index in [4.69, 9.17) is 0 Å². The van der Waals surface area contributed by atoms with Crippen molar-refractivity contribution in [1.29, 1.82) is 0 Å². The molecule has 1 aromatic heterocycles. The smallest absolute Gasteiger partial charge is 0.319 e. The van der Waals surface area contributed by atoms with E-state index in [1.54, 1.807) is 30.3 Å². The highest BCUT2D eigenvalue weighted by molar-refractivity contribution is 7.15. The van der Waals surface area contributed by atoms with Gasteiger partial charge in [-0.25, -0.2) is 4.79 Å². The number of amides is 2. The topological polar surface area (TPSA) is 52.6 Å². The van der Waals surface area contributed by atoms with E-state index in [2.05, 4.69) is 27.2 Å². The molecule has 1 fully saturated rings. The molecule has 0 unspecified atom stereocenters. The Bertz CT molecular complexity index is 650. The molecule has 2 aromatic rings. The molecule has 122 valence electrons. The third-order valence-corrected chi connectivity index (χ3v) is 4.84. The maximum absolute atomic E-state index is 12.0. The Kier molecular flexibility index (Phi) is 4.76. The maximum Gasteiger partial charge on any atom is 0.319 e. The molecule has 3 rings (SSSR count). The number of anilines is 1. The fraction of sp³-hybridized carbons (Fsp3) is 0.438. The summed E-state index contributed by atoms with van der Waals surface area (Å²) in [4.78, 5) is 17.7. The van der Waals surface area contributed by atoms with Gasteiger partial charge in [0.25, 0.3) is 0 Å². The van der Waals surface area contributed by atoms with E-state index in [9.17, 15) is 4.79 Å². The van der Waals surface area contributed by atoms with E-state index in [0.717, 1.165) is 42.7 Å². The third-order valence-electron chi connectivity index (χ3n) is 3.86. The Morgan fingerprint density at radius 3 is 2.48 bits per heavy atom. The molecule has 1 saturated heterocycles. The third kappa shape index (κ3) is 3.79. The first-order valence-corrected chi connectivity index (χ1v) is 8.52. The van der Waals surface area contributed by atoms with Crippen LogP contribution in [0.1, 0.15) is 10.6 Å². The van der Waals surface area contributed by atoms with Crippen molar-refractivity contribution in [1.82, 2.24) is 20.0 Å². The van der Waals surface area contributed by atoms with Crippen LogP contribution in [0.5, 0.6) is 0 Å². The minimum Gasteiger partial charge on any atom is -0.343 e. The predicted molar refractivity (Wildman–Crippen MR) is 92.0 cm³/mol. The molecule has 0 atom stereocenters. The minimum absolute atomic E-state index is 0.0756. The lowest BCUT2D eigenvalue weighted by Crippen LogP contribution is -2.51. The summed E-state index contributed by atoms with van der Waals surface area (Å²) in [7, 11) is 3.57. The Morgan fingerprint density at radius 1 is 1.13 bits per heavy atom. The van der Waals surface area contributed by atoms with Crippen molar-refractivity contribution in [2.75, 3.05) is 45.2 Å². The molecule has 2 amide bonds. The van der Waals surface area contributed by atoms with Gasteiger partial charge in [-0.3, -0.25) is 0 Å². The zero-order chi connectivity index (χ0) is 16.2. The van der Waals surface area contributed by atoms with Crippen molar-refractivity contribution >= 4 is 22.5 Å². The Hall–Kier alpha value is -2.15. The summed E-state index contributed by atoms with van der Waals surface area (Å²) in [5.41, 5.74) is 1.25. The van der Waals surface area contributed by atoms with E-state index in [0.29, 0.717) is 0 Å². The van der Waals surface area contributed by atoms with Crippen LogP contribution in [-0.2, 0) is 6.42 Å². The predicted octanol–water partition coefficient (Wildman–Crippen LogP) is 1.93. The summed E-state index contributed by atoms with van der Waals surface area (Å²) < 4.78 is 0. The van der Waals surface area contributed by atoms with E-state index in [1.807, 2.05) is 23.1 Å². The van der Waals surface area contributed by atoms with Gasteiger partial charge in [0.15, 0.2) is 0 Å². The molecule has 6 nitrogen and oxygen atoms in total. The molecule has 0 radical (unpaired) electrons. The molecular weight excluding hydrogens is 310 g/mol.